The molecule has 0 aliphatic heterocycles. The average molecular weight is 689 g/mol. The summed E-state index contributed by atoms with van der Waals surface area (Å²) in [6.07, 6.45) is 4.13. The molecule has 0 spiro atoms. The molecular formula is C32H52N10O5S. The van der Waals surface area contributed by atoms with Crippen LogP contribution < -0.4 is 38.5 Å². The van der Waals surface area contributed by atoms with Crippen LogP contribution in [-0.2, 0) is 46.1 Å². The Morgan fingerprint density at radius 3 is 2.00 bits per heavy atom. The first-order chi connectivity index (χ1) is 22.7. The molecule has 0 saturated heterocycles. The Morgan fingerprint density at radius 2 is 1.44 bits per heavy atom. The van der Waals surface area contributed by atoms with Crippen molar-refractivity contribution in [1.29, 1.82) is 0 Å². The molecule has 2 rings (SSSR count). The summed E-state index contributed by atoms with van der Waals surface area (Å²) in [5.41, 5.74) is 18.0. The number of carboxylic acid groups (broad SMARTS) is 1. The molecule has 15 nitrogen and oxygen atoms in total. The quantitative estimate of drug-likeness (QED) is 0.0377. The molecule has 4 unspecified atom stereocenters. The molecular weight excluding hydrogens is 636 g/mol. The van der Waals surface area contributed by atoms with Crippen molar-refractivity contribution in [2.75, 3.05) is 13.1 Å². The van der Waals surface area contributed by atoms with E-state index in [1.165, 1.54) is 0 Å². The number of carboxylic acids is 1. The zero-order chi connectivity index (χ0) is 35.8. The van der Waals surface area contributed by atoms with Crippen LogP contribution >= 0.6 is 12.2 Å². The van der Waals surface area contributed by atoms with Gasteiger partial charge >= 0.3 is 5.97 Å². The molecule has 4 atom stereocenters. The number of imidazole rings is 1. The molecule has 0 aliphatic carbocycles. The van der Waals surface area contributed by atoms with E-state index < -0.39 is 47.9 Å². The molecule has 1 aromatic heterocycles. The lowest BCUT2D eigenvalue weighted by atomic mass is 10.0. The smallest absolute Gasteiger partial charge is 0.326 e. The molecule has 11 N–H and O–H groups in total. The number of amides is 3. The number of aromatic nitrogens is 2. The van der Waals surface area contributed by atoms with E-state index >= 15 is 0 Å². The summed E-state index contributed by atoms with van der Waals surface area (Å²) in [5, 5.41) is 21.4. The van der Waals surface area contributed by atoms with E-state index in [0.717, 1.165) is 5.56 Å². The second-order valence-electron chi connectivity index (χ2n) is 12.1. The number of rotatable bonds is 21. The largest absolute Gasteiger partial charge is 0.480 e. The maximum atomic E-state index is 14.0. The number of hydrogen-bond acceptors (Lipinski definition) is 8. The van der Waals surface area contributed by atoms with Crippen LogP contribution in [0.3, 0.4) is 0 Å². The second-order valence-corrected chi connectivity index (χ2v) is 12.5. The van der Waals surface area contributed by atoms with Gasteiger partial charge < -0.3 is 52.7 Å². The van der Waals surface area contributed by atoms with E-state index in [1.54, 1.807) is 53.7 Å². The number of aliphatic carboxylic acids is 1. The number of nitrogens with zero attached hydrogens (tertiary/aromatic N) is 3. The van der Waals surface area contributed by atoms with Gasteiger partial charge in [-0.3, -0.25) is 19.4 Å². The topological polar surface area (TPSA) is 237 Å². The predicted octanol–water partition coefficient (Wildman–Crippen LogP) is -0.0335. The summed E-state index contributed by atoms with van der Waals surface area (Å²) < 4.78 is 4.00. The summed E-state index contributed by atoms with van der Waals surface area (Å²) in [6, 6.07) is 4.83. The van der Waals surface area contributed by atoms with Gasteiger partial charge in [0.1, 0.15) is 18.1 Å². The number of aryl methyl sites for hydroxylation is 1. The van der Waals surface area contributed by atoms with Crippen molar-refractivity contribution in [1.82, 2.24) is 30.4 Å². The maximum absolute atomic E-state index is 14.0. The van der Waals surface area contributed by atoms with E-state index in [9.17, 15) is 24.3 Å². The molecule has 0 fully saturated rings. The van der Waals surface area contributed by atoms with Gasteiger partial charge in [0.2, 0.25) is 17.7 Å². The third-order valence-electron chi connectivity index (χ3n) is 7.68. The van der Waals surface area contributed by atoms with Crippen LogP contribution in [0.1, 0.15) is 57.2 Å². The summed E-state index contributed by atoms with van der Waals surface area (Å²) in [4.78, 5) is 57.3. The highest BCUT2D eigenvalue weighted by molar-refractivity contribution is 7.71. The van der Waals surface area contributed by atoms with Crippen molar-refractivity contribution in [3.05, 3.63) is 52.6 Å². The van der Waals surface area contributed by atoms with Crippen LogP contribution in [0.5, 0.6) is 0 Å². The highest BCUT2D eigenvalue weighted by Gasteiger charge is 2.31. The van der Waals surface area contributed by atoms with E-state index in [0.29, 0.717) is 49.2 Å². The maximum Gasteiger partial charge on any atom is 0.326 e. The lowest BCUT2D eigenvalue weighted by Crippen LogP contribution is -2.58. The molecule has 1 aromatic carbocycles. The number of aliphatic imine (C=N–C) groups is 1. The van der Waals surface area contributed by atoms with E-state index in [-0.39, 0.29) is 31.3 Å². The van der Waals surface area contributed by atoms with Crippen molar-refractivity contribution in [3.8, 4) is 0 Å². The fourth-order valence-electron chi connectivity index (χ4n) is 5.16. The molecule has 3 amide bonds. The van der Waals surface area contributed by atoms with Crippen LogP contribution in [-0.4, -0.2) is 87.2 Å². The Kier molecular flexibility index (Phi) is 16.8. The van der Waals surface area contributed by atoms with Gasteiger partial charge in [-0.1, -0.05) is 44.2 Å². The summed E-state index contributed by atoms with van der Waals surface area (Å²) >= 11 is 5.45. The van der Waals surface area contributed by atoms with Crippen LogP contribution in [0, 0.1) is 4.77 Å². The summed E-state index contributed by atoms with van der Waals surface area (Å²) in [6.45, 7) is 4.52. The van der Waals surface area contributed by atoms with Crippen LogP contribution in [0.2, 0.25) is 0 Å². The second kappa shape index (κ2) is 20.2. The number of guanidine groups is 1. The Hall–Kier alpha value is -4.28. The fraction of sp³-hybridized carbons (Fsp3) is 0.562. The van der Waals surface area contributed by atoms with E-state index in [1.807, 2.05) is 19.9 Å². The zero-order valence-corrected chi connectivity index (χ0v) is 29.1. The molecule has 0 bridgehead atoms. The molecule has 16 heteroatoms. The minimum atomic E-state index is -1.22. The minimum Gasteiger partial charge on any atom is -0.480 e. The van der Waals surface area contributed by atoms with Gasteiger partial charge in [0, 0.05) is 51.4 Å². The number of carbonyl (C=O) groups excluding carboxylic acids is 3. The summed E-state index contributed by atoms with van der Waals surface area (Å²) in [7, 11) is 3.55. The molecule has 48 heavy (non-hydrogen) atoms. The third kappa shape index (κ3) is 13.4. The minimum absolute atomic E-state index is 0.0406. The standard InChI is InChI=1S/C32H52N10O5S/c1-20(2)37-23(14-10-16-36-31(34)35)27(43)39-25(18-22-19-41(3)32(48)42(22)4)29(45)38-24(13-8-9-15-33)28(44)40-26(30(46)47)17-21-11-6-5-7-12-21/h5-7,11-12,19-20,23-26,37H,8-10,13-18,33H2,1-4H3,(H,38,45)(H,39,43)(H,40,44)(H,46,47)(H4,34,35,36). The highest BCUT2D eigenvalue weighted by atomic mass is 32.1. The van der Waals surface area contributed by atoms with Crippen molar-refractivity contribution < 1.29 is 24.3 Å². The van der Waals surface area contributed by atoms with E-state index in [2.05, 4.69) is 26.3 Å². The molecule has 1 heterocycles. The SMILES string of the molecule is CC(C)NC(CCCN=C(N)N)C(=O)NC(Cc1cn(C)c(=S)n1C)C(=O)NC(CCCCN)C(=O)NC(Cc1ccccc1)C(=O)O. The van der Waals surface area contributed by atoms with Gasteiger partial charge in [0.25, 0.3) is 0 Å². The molecule has 2 aromatic rings. The number of nitrogens with one attached hydrogen (secondary N) is 4. The molecule has 0 radical (unpaired) electrons. The number of carbonyl (C=O) groups is 4. The van der Waals surface area contributed by atoms with Crippen LogP contribution in [0.4, 0.5) is 0 Å². The number of benzene rings is 1. The highest BCUT2D eigenvalue weighted by Crippen LogP contribution is 2.11. The fourth-order valence-corrected chi connectivity index (χ4v) is 5.33. The molecule has 266 valence electrons. The van der Waals surface area contributed by atoms with Crippen LogP contribution in [0.15, 0.2) is 41.5 Å². The summed E-state index contributed by atoms with van der Waals surface area (Å²) in [5.74, 6) is -2.91. The van der Waals surface area contributed by atoms with Gasteiger partial charge in [-0.25, -0.2) is 4.79 Å². The normalized spacial score (nSPS) is 13.6. The monoisotopic (exact) mass is 688 g/mol. The van der Waals surface area contributed by atoms with Crippen molar-refractivity contribution in [2.24, 2.45) is 36.3 Å². The predicted molar refractivity (Wildman–Crippen MR) is 187 cm³/mol. The first kappa shape index (κ1) is 39.9. The van der Waals surface area contributed by atoms with Gasteiger partial charge in [-0.2, -0.15) is 0 Å². The Morgan fingerprint density at radius 1 is 0.854 bits per heavy atom. The average Bonchev–Trinajstić information content (AvgIpc) is 3.27. The van der Waals surface area contributed by atoms with Gasteiger partial charge in [0.15, 0.2) is 10.7 Å². The van der Waals surface area contributed by atoms with Gasteiger partial charge in [-0.05, 0) is 56.4 Å². The molecule has 0 aliphatic rings. The van der Waals surface area contributed by atoms with Crippen molar-refractivity contribution in [3.63, 3.8) is 0 Å². The Bertz CT molecular complexity index is 1440. The van der Waals surface area contributed by atoms with Crippen molar-refractivity contribution >= 4 is 41.9 Å². The Balaban J connectivity index is 2.35. The van der Waals surface area contributed by atoms with Gasteiger partial charge in [-0.15, -0.1) is 0 Å². The van der Waals surface area contributed by atoms with Crippen molar-refractivity contribution in [2.45, 2.75) is 89.0 Å². The zero-order valence-electron chi connectivity index (χ0n) is 28.3. The molecule has 0 saturated carbocycles. The van der Waals surface area contributed by atoms with Crippen LogP contribution in [0.25, 0.3) is 0 Å². The lowest BCUT2D eigenvalue weighted by molar-refractivity contribution is -0.142. The number of hydrogen-bond donors (Lipinski definition) is 8. The number of nitrogens with two attached hydrogens (primary N) is 3. The van der Waals surface area contributed by atoms with E-state index in [4.69, 9.17) is 29.4 Å². The first-order valence-corrected chi connectivity index (χ1v) is 16.5. The lowest BCUT2D eigenvalue weighted by Gasteiger charge is -2.27. The number of unbranched alkanes of at least 4 members (excludes halogenated alkanes) is 1. The first-order valence-electron chi connectivity index (χ1n) is 16.1. The Labute approximate surface area is 287 Å². The third-order valence-corrected chi connectivity index (χ3v) is 8.24. The van der Waals surface area contributed by atoms with Gasteiger partial charge in [0.05, 0.1) is 6.04 Å².